The summed E-state index contributed by atoms with van der Waals surface area (Å²) in [5.74, 6) is -1.71. The third kappa shape index (κ3) is 5.80. The monoisotopic (exact) mass is 416 g/mol. The Morgan fingerprint density at radius 1 is 1.07 bits per heavy atom. The molecule has 1 aliphatic rings. The fourth-order valence-corrected chi connectivity index (χ4v) is 3.45. The smallest absolute Gasteiger partial charge is 0.406 e. The Bertz CT molecular complexity index is 863. The van der Waals surface area contributed by atoms with Gasteiger partial charge in [-0.3, -0.25) is 4.90 Å². The molecule has 9 heteroatoms. The van der Waals surface area contributed by atoms with Crippen LogP contribution < -0.4 is 9.64 Å². The van der Waals surface area contributed by atoms with Crippen LogP contribution in [-0.4, -0.2) is 35.2 Å². The zero-order chi connectivity index (χ0) is 21.4. The lowest BCUT2D eigenvalue weighted by Gasteiger charge is -2.41. The van der Waals surface area contributed by atoms with E-state index in [0.29, 0.717) is 17.7 Å². The van der Waals surface area contributed by atoms with E-state index in [2.05, 4.69) is 4.74 Å². The van der Waals surface area contributed by atoms with Crippen LogP contribution in [0, 0.1) is 11.6 Å². The Kier molecular flexibility index (Phi) is 5.73. The molecule has 4 nitrogen and oxygen atoms in total. The Morgan fingerprint density at radius 3 is 2.31 bits per heavy atom. The molecule has 0 spiro atoms. The summed E-state index contributed by atoms with van der Waals surface area (Å²) in [5, 5.41) is 10.2. The average molecular weight is 416 g/mol. The third-order valence-corrected chi connectivity index (χ3v) is 4.33. The van der Waals surface area contributed by atoms with Gasteiger partial charge in [-0.15, -0.1) is 13.2 Å². The number of β-amino-alcohol motifs (C(OH)–C–C–N with tert-alkyl or cyclic N) is 1. The number of alkyl halides is 3. The second-order valence-electron chi connectivity index (χ2n) is 7.73. The van der Waals surface area contributed by atoms with Gasteiger partial charge in [0, 0.05) is 25.7 Å². The molecule has 29 heavy (non-hydrogen) atoms. The molecule has 0 bridgehead atoms. The normalized spacial score (nSPS) is 15.4. The second kappa shape index (κ2) is 7.79. The standard InChI is InChI=1S/C20H21F5N2O2/c1-19(2,28)11-27-12-26(10-14-7-15(21)8-17(22)18(14)27)9-13-3-5-16(6-4-13)29-20(23,24)25/h3-8,28H,9-12H2,1-2H3. The van der Waals surface area contributed by atoms with Gasteiger partial charge >= 0.3 is 6.36 Å². The maximum atomic E-state index is 14.4. The van der Waals surface area contributed by atoms with Crippen LogP contribution in [0.1, 0.15) is 25.0 Å². The van der Waals surface area contributed by atoms with Crippen molar-refractivity contribution in [2.45, 2.75) is 38.9 Å². The first-order valence-corrected chi connectivity index (χ1v) is 8.92. The molecule has 0 unspecified atom stereocenters. The summed E-state index contributed by atoms with van der Waals surface area (Å²) in [5.41, 5.74) is 0.286. The van der Waals surface area contributed by atoms with Crippen molar-refractivity contribution >= 4 is 5.69 Å². The van der Waals surface area contributed by atoms with Crippen molar-refractivity contribution in [2.24, 2.45) is 0 Å². The molecule has 0 aromatic heterocycles. The van der Waals surface area contributed by atoms with Crippen molar-refractivity contribution in [3.05, 3.63) is 59.2 Å². The number of fused-ring (bicyclic) bond motifs is 1. The quantitative estimate of drug-likeness (QED) is 0.733. The molecule has 0 aliphatic carbocycles. The highest BCUT2D eigenvalue weighted by atomic mass is 19.4. The van der Waals surface area contributed by atoms with Crippen molar-refractivity contribution < 1.29 is 31.8 Å². The number of rotatable bonds is 5. The largest absolute Gasteiger partial charge is 0.573 e. The van der Waals surface area contributed by atoms with Gasteiger partial charge in [-0.25, -0.2) is 8.78 Å². The van der Waals surface area contributed by atoms with Crippen LogP contribution in [0.2, 0.25) is 0 Å². The lowest BCUT2D eigenvalue weighted by molar-refractivity contribution is -0.274. The molecular weight excluding hydrogens is 395 g/mol. The van der Waals surface area contributed by atoms with Gasteiger partial charge in [0.2, 0.25) is 0 Å². The van der Waals surface area contributed by atoms with Crippen LogP contribution in [-0.2, 0) is 13.1 Å². The van der Waals surface area contributed by atoms with E-state index in [1.54, 1.807) is 18.7 Å². The number of aliphatic hydroxyl groups is 1. The van der Waals surface area contributed by atoms with Crippen molar-refractivity contribution in [3.8, 4) is 5.75 Å². The number of hydrogen-bond acceptors (Lipinski definition) is 4. The number of hydrogen-bond donors (Lipinski definition) is 1. The molecule has 158 valence electrons. The van der Waals surface area contributed by atoms with Crippen LogP contribution in [0.5, 0.6) is 5.75 Å². The Hall–Kier alpha value is -2.39. The Morgan fingerprint density at radius 2 is 1.72 bits per heavy atom. The van der Waals surface area contributed by atoms with E-state index >= 15 is 0 Å². The number of ether oxygens (including phenoxy) is 1. The van der Waals surface area contributed by atoms with Crippen LogP contribution in [0.4, 0.5) is 27.6 Å². The number of nitrogens with zero attached hydrogens (tertiary/aromatic N) is 2. The highest BCUT2D eigenvalue weighted by molar-refractivity contribution is 5.57. The summed E-state index contributed by atoms with van der Waals surface area (Å²) >= 11 is 0. The molecule has 1 aliphatic heterocycles. The van der Waals surface area contributed by atoms with Crippen LogP contribution in [0.3, 0.4) is 0 Å². The zero-order valence-electron chi connectivity index (χ0n) is 15.9. The maximum absolute atomic E-state index is 14.4. The molecule has 0 amide bonds. The van der Waals surface area contributed by atoms with Gasteiger partial charge < -0.3 is 14.7 Å². The molecule has 0 atom stereocenters. The summed E-state index contributed by atoms with van der Waals surface area (Å²) < 4.78 is 68.8. The summed E-state index contributed by atoms with van der Waals surface area (Å²) in [6, 6.07) is 7.50. The summed E-state index contributed by atoms with van der Waals surface area (Å²) in [6.07, 6.45) is -4.76. The van der Waals surface area contributed by atoms with E-state index in [0.717, 1.165) is 6.07 Å². The SMILES string of the molecule is CC(C)(O)CN1CN(Cc2ccc(OC(F)(F)F)cc2)Cc2cc(F)cc(F)c21. The fraction of sp³-hybridized carbons (Fsp3) is 0.400. The minimum atomic E-state index is -4.76. The molecule has 3 rings (SSSR count). The molecule has 0 fully saturated rings. The van der Waals surface area contributed by atoms with Crippen molar-refractivity contribution in [1.29, 1.82) is 0 Å². The first-order chi connectivity index (χ1) is 13.4. The summed E-state index contributed by atoms with van der Waals surface area (Å²) in [6.45, 7) is 4.16. The zero-order valence-corrected chi connectivity index (χ0v) is 15.9. The molecular formula is C20H21F5N2O2. The van der Waals surface area contributed by atoms with Gasteiger partial charge in [0.1, 0.15) is 17.4 Å². The Balaban J connectivity index is 1.80. The van der Waals surface area contributed by atoms with E-state index in [1.807, 2.05) is 4.90 Å². The van der Waals surface area contributed by atoms with Gasteiger partial charge in [-0.1, -0.05) is 12.1 Å². The average Bonchev–Trinajstić information content (AvgIpc) is 2.53. The Labute approximate surface area is 165 Å². The molecule has 2 aromatic carbocycles. The van der Waals surface area contributed by atoms with Crippen molar-refractivity contribution in [1.82, 2.24) is 4.90 Å². The van der Waals surface area contributed by atoms with Gasteiger partial charge in [0.05, 0.1) is 18.0 Å². The van der Waals surface area contributed by atoms with Crippen LogP contribution >= 0.6 is 0 Å². The molecule has 0 saturated carbocycles. The van der Waals surface area contributed by atoms with Gasteiger partial charge in [0.15, 0.2) is 0 Å². The van der Waals surface area contributed by atoms with E-state index in [4.69, 9.17) is 0 Å². The molecule has 2 aromatic rings. The van der Waals surface area contributed by atoms with Crippen molar-refractivity contribution in [3.63, 3.8) is 0 Å². The topological polar surface area (TPSA) is 35.9 Å². The molecule has 0 saturated heterocycles. The fourth-order valence-electron chi connectivity index (χ4n) is 3.45. The summed E-state index contributed by atoms with van der Waals surface area (Å²) in [4.78, 5) is 3.52. The number of halogens is 5. The predicted octanol–water partition coefficient (Wildman–Crippen LogP) is 4.41. The summed E-state index contributed by atoms with van der Waals surface area (Å²) in [7, 11) is 0. The van der Waals surface area contributed by atoms with E-state index in [-0.39, 0.29) is 31.2 Å². The number of benzene rings is 2. The van der Waals surface area contributed by atoms with Gasteiger partial charge in [-0.05, 0) is 43.2 Å². The van der Waals surface area contributed by atoms with Crippen LogP contribution in [0.25, 0.3) is 0 Å². The first-order valence-electron chi connectivity index (χ1n) is 8.92. The molecule has 0 radical (unpaired) electrons. The minimum absolute atomic E-state index is 0.122. The lowest BCUT2D eigenvalue weighted by Crippen LogP contribution is -2.48. The van der Waals surface area contributed by atoms with Gasteiger partial charge in [-0.2, -0.15) is 0 Å². The highest BCUT2D eigenvalue weighted by Crippen LogP contribution is 2.33. The number of anilines is 1. The minimum Gasteiger partial charge on any atom is -0.406 e. The first kappa shape index (κ1) is 21.3. The van der Waals surface area contributed by atoms with Crippen molar-refractivity contribution in [2.75, 3.05) is 18.1 Å². The van der Waals surface area contributed by atoms with E-state index in [9.17, 15) is 27.1 Å². The van der Waals surface area contributed by atoms with E-state index in [1.165, 1.54) is 30.3 Å². The maximum Gasteiger partial charge on any atom is 0.573 e. The van der Waals surface area contributed by atoms with Gasteiger partial charge in [0.25, 0.3) is 0 Å². The third-order valence-electron chi connectivity index (χ3n) is 4.33. The van der Waals surface area contributed by atoms with E-state index < -0.39 is 23.6 Å². The highest BCUT2D eigenvalue weighted by Gasteiger charge is 2.31. The molecule has 1 N–H and O–H groups in total. The lowest BCUT2D eigenvalue weighted by atomic mass is 10.0. The predicted molar refractivity (Wildman–Crippen MR) is 97.2 cm³/mol. The molecule has 1 heterocycles. The van der Waals surface area contributed by atoms with Crippen LogP contribution in [0.15, 0.2) is 36.4 Å². The second-order valence-corrected chi connectivity index (χ2v) is 7.73.